The van der Waals surface area contributed by atoms with Gasteiger partial charge in [-0.3, -0.25) is 9.36 Å². The van der Waals surface area contributed by atoms with E-state index in [1.165, 1.54) is 17.3 Å². The number of anilines is 1. The fourth-order valence-electron chi connectivity index (χ4n) is 3.41. The van der Waals surface area contributed by atoms with E-state index in [1.54, 1.807) is 0 Å². The van der Waals surface area contributed by atoms with Gasteiger partial charge in [-0.05, 0) is 42.2 Å². The smallest absolute Gasteiger partial charge is 0.234 e. The van der Waals surface area contributed by atoms with Crippen molar-refractivity contribution in [2.75, 3.05) is 11.1 Å². The van der Waals surface area contributed by atoms with Crippen LogP contribution in [-0.4, -0.2) is 26.4 Å². The molecule has 0 spiro atoms. The molecule has 0 saturated heterocycles. The van der Waals surface area contributed by atoms with Crippen LogP contribution in [0, 0.1) is 0 Å². The molecule has 5 nitrogen and oxygen atoms in total. The largest absolute Gasteiger partial charge is 0.325 e. The molecule has 0 aliphatic heterocycles. The van der Waals surface area contributed by atoms with Crippen molar-refractivity contribution in [1.29, 1.82) is 0 Å². The predicted molar refractivity (Wildman–Crippen MR) is 131 cm³/mol. The maximum Gasteiger partial charge on any atom is 0.234 e. The molecule has 1 N–H and O–H groups in total. The highest BCUT2D eigenvalue weighted by atomic mass is 32.2. The number of nitrogens with zero attached hydrogens (tertiary/aromatic N) is 3. The van der Waals surface area contributed by atoms with Crippen LogP contribution < -0.4 is 5.32 Å². The summed E-state index contributed by atoms with van der Waals surface area (Å²) in [6, 6.07) is 28.0. The summed E-state index contributed by atoms with van der Waals surface area (Å²) in [5.74, 6) is 1.43. The number of para-hydroxylation sites is 1. The Morgan fingerprint density at radius 2 is 1.59 bits per heavy atom. The van der Waals surface area contributed by atoms with Crippen molar-refractivity contribution in [3.8, 4) is 17.1 Å². The minimum Gasteiger partial charge on any atom is -0.325 e. The monoisotopic (exact) mass is 442 g/mol. The van der Waals surface area contributed by atoms with Crippen molar-refractivity contribution in [3.63, 3.8) is 0 Å². The Balaban J connectivity index is 1.50. The van der Waals surface area contributed by atoms with Gasteiger partial charge < -0.3 is 5.32 Å². The Labute approximate surface area is 192 Å². The fraction of sp³-hybridized carbons (Fsp3) is 0.192. The van der Waals surface area contributed by atoms with Gasteiger partial charge in [0.05, 0.1) is 5.75 Å². The van der Waals surface area contributed by atoms with Crippen LogP contribution in [0.25, 0.3) is 17.1 Å². The zero-order valence-electron chi connectivity index (χ0n) is 18.2. The molecule has 0 radical (unpaired) electrons. The van der Waals surface area contributed by atoms with Crippen LogP contribution in [0.15, 0.2) is 90.1 Å². The fourth-order valence-corrected chi connectivity index (χ4v) is 4.16. The summed E-state index contributed by atoms with van der Waals surface area (Å²) < 4.78 is 1.99. The minimum absolute atomic E-state index is 0.0739. The second kappa shape index (κ2) is 10.3. The third-order valence-electron chi connectivity index (χ3n) is 5.39. The maximum atomic E-state index is 12.6. The Kier molecular flexibility index (Phi) is 7.02. The average molecular weight is 443 g/mol. The molecular formula is C26H26N4OS. The Hall–Kier alpha value is -3.38. The quantitative estimate of drug-likeness (QED) is 0.331. The van der Waals surface area contributed by atoms with Gasteiger partial charge in [0, 0.05) is 16.9 Å². The molecule has 1 amide bonds. The van der Waals surface area contributed by atoms with E-state index in [0.717, 1.165) is 29.2 Å². The molecule has 1 aromatic heterocycles. The third kappa shape index (κ3) is 5.08. The lowest BCUT2D eigenvalue weighted by Gasteiger charge is -2.11. The molecule has 1 atom stereocenters. The molecule has 6 heteroatoms. The van der Waals surface area contributed by atoms with Gasteiger partial charge in [0.2, 0.25) is 5.91 Å². The molecule has 0 aliphatic carbocycles. The molecule has 32 heavy (non-hydrogen) atoms. The molecule has 0 fully saturated rings. The van der Waals surface area contributed by atoms with Gasteiger partial charge in [-0.2, -0.15) is 0 Å². The highest BCUT2D eigenvalue weighted by molar-refractivity contribution is 7.99. The lowest BCUT2D eigenvalue weighted by Crippen LogP contribution is -2.14. The maximum absolute atomic E-state index is 12.6. The van der Waals surface area contributed by atoms with E-state index in [2.05, 4.69) is 41.5 Å². The van der Waals surface area contributed by atoms with Gasteiger partial charge in [-0.25, -0.2) is 0 Å². The molecule has 1 unspecified atom stereocenters. The van der Waals surface area contributed by atoms with Crippen LogP contribution in [0.3, 0.4) is 0 Å². The standard InChI is InChI=1S/C26H26N4OS/c1-3-19(2)20-14-16-22(17-15-20)27-24(31)18-32-26-29-28-25(21-10-6-4-7-11-21)30(26)23-12-8-5-9-13-23/h4-17,19H,3,18H2,1-2H3,(H,27,31). The summed E-state index contributed by atoms with van der Waals surface area (Å²) in [6.45, 7) is 4.38. The van der Waals surface area contributed by atoms with Crippen LogP contribution in [0.2, 0.25) is 0 Å². The van der Waals surface area contributed by atoms with E-state index in [1.807, 2.05) is 77.4 Å². The number of thioether (sulfide) groups is 1. The molecule has 0 aliphatic rings. The third-order valence-corrected chi connectivity index (χ3v) is 6.32. The van der Waals surface area contributed by atoms with E-state index in [-0.39, 0.29) is 11.7 Å². The Morgan fingerprint density at radius 3 is 2.25 bits per heavy atom. The molecule has 1 heterocycles. The van der Waals surface area contributed by atoms with Crippen molar-refractivity contribution >= 4 is 23.4 Å². The lowest BCUT2D eigenvalue weighted by molar-refractivity contribution is -0.113. The minimum atomic E-state index is -0.0739. The zero-order chi connectivity index (χ0) is 22.3. The van der Waals surface area contributed by atoms with E-state index in [4.69, 9.17) is 0 Å². The number of amides is 1. The Morgan fingerprint density at radius 1 is 0.938 bits per heavy atom. The summed E-state index contributed by atoms with van der Waals surface area (Å²) in [7, 11) is 0. The van der Waals surface area contributed by atoms with Crippen LogP contribution in [-0.2, 0) is 4.79 Å². The molecule has 4 aromatic rings. The van der Waals surface area contributed by atoms with E-state index in [9.17, 15) is 4.79 Å². The van der Waals surface area contributed by atoms with Gasteiger partial charge in [0.15, 0.2) is 11.0 Å². The summed E-state index contributed by atoms with van der Waals surface area (Å²) in [5, 5.41) is 12.5. The summed E-state index contributed by atoms with van der Waals surface area (Å²) in [6.07, 6.45) is 1.09. The van der Waals surface area contributed by atoms with Crippen molar-refractivity contribution < 1.29 is 4.79 Å². The first kappa shape index (κ1) is 21.8. The number of benzene rings is 3. The van der Waals surface area contributed by atoms with Gasteiger partial charge >= 0.3 is 0 Å². The molecule has 3 aromatic carbocycles. The van der Waals surface area contributed by atoms with Crippen LogP contribution in [0.4, 0.5) is 5.69 Å². The second-order valence-electron chi connectivity index (χ2n) is 7.61. The van der Waals surface area contributed by atoms with Crippen LogP contribution in [0.5, 0.6) is 0 Å². The van der Waals surface area contributed by atoms with E-state index >= 15 is 0 Å². The molecule has 162 valence electrons. The van der Waals surface area contributed by atoms with Gasteiger partial charge in [0.25, 0.3) is 0 Å². The van der Waals surface area contributed by atoms with Crippen molar-refractivity contribution in [2.45, 2.75) is 31.3 Å². The normalized spacial score (nSPS) is 11.8. The number of carbonyl (C=O) groups excluding carboxylic acids is 1. The first-order chi connectivity index (χ1) is 15.7. The predicted octanol–water partition coefficient (Wildman–Crippen LogP) is 6.18. The van der Waals surface area contributed by atoms with Crippen molar-refractivity contribution in [3.05, 3.63) is 90.5 Å². The SMILES string of the molecule is CCC(C)c1ccc(NC(=O)CSc2nnc(-c3ccccc3)n2-c2ccccc2)cc1. The molecule has 0 saturated carbocycles. The van der Waals surface area contributed by atoms with Crippen LogP contribution >= 0.6 is 11.8 Å². The number of aromatic nitrogens is 3. The van der Waals surface area contributed by atoms with E-state index in [0.29, 0.717) is 11.1 Å². The topological polar surface area (TPSA) is 59.8 Å². The highest BCUT2D eigenvalue weighted by Crippen LogP contribution is 2.28. The summed E-state index contributed by atoms with van der Waals surface area (Å²) >= 11 is 1.37. The number of carbonyl (C=O) groups is 1. The number of nitrogens with one attached hydrogen (secondary N) is 1. The number of hydrogen-bond acceptors (Lipinski definition) is 4. The molecule has 4 rings (SSSR count). The Bertz CT molecular complexity index is 1160. The molecular weight excluding hydrogens is 416 g/mol. The van der Waals surface area contributed by atoms with E-state index < -0.39 is 0 Å². The highest BCUT2D eigenvalue weighted by Gasteiger charge is 2.17. The van der Waals surface area contributed by atoms with Crippen molar-refractivity contribution in [1.82, 2.24) is 14.8 Å². The second-order valence-corrected chi connectivity index (χ2v) is 8.55. The molecule has 0 bridgehead atoms. The summed E-state index contributed by atoms with van der Waals surface area (Å²) in [5.41, 5.74) is 4.02. The zero-order valence-corrected chi connectivity index (χ0v) is 19.0. The number of rotatable bonds is 8. The van der Waals surface area contributed by atoms with Crippen LogP contribution in [0.1, 0.15) is 31.7 Å². The average Bonchev–Trinajstić information content (AvgIpc) is 3.28. The number of hydrogen-bond donors (Lipinski definition) is 1. The van der Waals surface area contributed by atoms with Gasteiger partial charge in [-0.1, -0.05) is 86.3 Å². The summed E-state index contributed by atoms with van der Waals surface area (Å²) in [4.78, 5) is 12.6. The van der Waals surface area contributed by atoms with Crippen molar-refractivity contribution in [2.24, 2.45) is 0 Å². The first-order valence-electron chi connectivity index (χ1n) is 10.7. The lowest BCUT2D eigenvalue weighted by atomic mass is 9.99. The first-order valence-corrected chi connectivity index (χ1v) is 11.7. The van der Waals surface area contributed by atoms with Gasteiger partial charge in [0.1, 0.15) is 0 Å². The van der Waals surface area contributed by atoms with Gasteiger partial charge in [-0.15, -0.1) is 10.2 Å².